The van der Waals surface area contributed by atoms with Crippen molar-refractivity contribution >= 4 is 0 Å². The summed E-state index contributed by atoms with van der Waals surface area (Å²) in [6, 6.07) is 0.0928. The minimum absolute atomic E-state index is 0.0438. The molecule has 2 rings (SSSR count). The van der Waals surface area contributed by atoms with Crippen LogP contribution in [0.5, 0.6) is 11.8 Å². The molecular formula is C13H21N3O2. The molecule has 0 bridgehead atoms. The number of aromatic nitrogens is 2. The lowest BCUT2D eigenvalue weighted by atomic mass is 9.93. The Morgan fingerprint density at radius 2 is 1.94 bits per heavy atom. The molecule has 0 amide bonds. The summed E-state index contributed by atoms with van der Waals surface area (Å²) >= 11 is 0. The molecule has 1 aliphatic carbocycles. The number of rotatable bonds is 4. The van der Waals surface area contributed by atoms with Gasteiger partial charge in [0.1, 0.15) is 6.10 Å². The summed E-state index contributed by atoms with van der Waals surface area (Å²) in [5.74, 6) is 0.988. The van der Waals surface area contributed by atoms with Gasteiger partial charge >= 0.3 is 0 Å². The molecule has 2 atom stereocenters. The largest absolute Gasteiger partial charge is 0.474 e. The third-order valence-corrected chi connectivity index (χ3v) is 2.97. The number of nitrogens with two attached hydrogens (primary N) is 1. The highest BCUT2D eigenvalue weighted by Crippen LogP contribution is 2.22. The van der Waals surface area contributed by atoms with Crippen LogP contribution in [-0.2, 0) is 0 Å². The van der Waals surface area contributed by atoms with Crippen LogP contribution in [0.1, 0.15) is 39.5 Å². The molecule has 0 aliphatic heterocycles. The minimum Gasteiger partial charge on any atom is -0.474 e. The van der Waals surface area contributed by atoms with Gasteiger partial charge in [-0.1, -0.05) is 6.42 Å². The molecule has 5 heteroatoms. The molecule has 1 heterocycles. The Labute approximate surface area is 108 Å². The first kappa shape index (κ1) is 13.1. The van der Waals surface area contributed by atoms with Gasteiger partial charge in [0, 0.05) is 6.04 Å². The summed E-state index contributed by atoms with van der Waals surface area (Å²) in [6.07, 6.45) is 7.66. The highest BCUT2D eigenvalue weighted by molar-refractivity contribution is 5.13. The molecule has 0 saturated heterocycles. The van der Waals surface area contributed by atoms with E-state index >= 15 is 0 Å². The summed E-state index contributed by atoms with van der Waals surface area (Å²) in [7, 11) is 0. The summed E-state index contributed by atoms with van der Waals surface area (Å²) in [6.45, 7) is 3.90. The maximum atomic E-state index is 6.04. The van der Waals surface area contributed by atoms with Crippen molar-refractivity contribution in [2.24, 2.45) is 5.73 Å². The van der Waals surface area contributed by atoms with Crippen LogP contribution in [0.4, 0.5) is 0 Å². The third kappa shape index (κ3) is 3.57. The molecule has 5 nitrogen and oxygen atoms in total. The molecule has 0 aromatic carbocycles. The number of ether oxygens (including phenoxy) is 2. The van der Waals surface area contributed by atoms with E-state index in [1.165, 1.54) is 6.42 Å². The summed E-state index contributed by atoms with van der Waals surface area (Å²) < 4.78 is 11.3. The molecular weight excluding hydrogens is 230 g/mol. The van der Waals surface area contributed by atoms with E-state index < -0.39 is 0 Å². The van der Waals surface area contributed by atoms with Crippen molar-refractivity contribution in [2.45, 2.75) is 57.8 Å². The Balaban J connectivity index is 1.99. The molecule has 1 aromatic heterocycles. The van der Waals surface area contributed by atoms with Gasteiger partial charge in [0.2, 0.25) is 11.8 Å². The number of nitrogens with zero attached hydrogens (tertiary/aromatic N) is 2. The molecule has 1 aromatic rings. The second-order valence-electron chi connectivity index (χ2n) is 4.97. The van der Waals surface area contributed by atoms with Gasteiger partial charge < -0.3 is 15.2 Å². The van der Waals surface area contributed by atoms with Crippen molar-refractivity contribution in [3.8, 4) is 11.8 Å². The van der Waals surface area contributed by atoms with Crippen molar-refractivity contribution in [1.82, 2.24) is 9.97 Å². The van der Waals surface area contributed by atoms with Gasteiger partial charge in [-0.05, 0) is 33.1 Å². The summed E-state index contributed by atoms with van der Waals surface area (Å²) in [5, 5.41) is 0. The van der Waals surface area contributed by atoms with Crippen molar-refractivity contribution in [1.29, 1.82) is 0 Å². The fourth-order valence-corrected chi connectivity index (χ4v) is 2.11. The highest BCUT2D eigenvalue weighted by Gasteiger charge is 2.24. The molecule has 2 N–H and O–H groups in total. The zero-order chi connectivity index (χ0) is 13.0. The Morgan fingerprint density at radius 1 is 1.22 bits per heavy atom. The SMILES string of the molecule is CC(C)Oc1cncc(OC2CCCCC2N)n1. The normalized spacial score (nSPS) is 24.0. The standard InChI is InChI=1S/C13H21N3O2/c1-9(2)17-12-7-15-8-13(16-12)18-11-6-4-3-5-10(11)14/h7-11H,3-6,14H2,1-2H3. The molecule has 1 fully saturated rings. The van der Waals surface area contributed by atoms with Gasteiger partial charge in [-0.2, -0.15) is 4.98 Å². The first-order chi connectivity index (χ1) is 8.65. The molecule has 0 radical (unpaired) electrons. The van der Waals surface area contributed by atoms with Crippen LogP contribution in [0.25, 0.3) is 0 Å². The lowest BCUT2D eigenvalue weighted by Crippen LogP contribution is -2.41. The lowest BCUT2D eigenvalue weighted by molar-refractivity contribution is 0.123. The van der Waals surface area contributed by atoms with Crippen LogP contribution in [0.3, 0.4) is 0 Å². The van der Waals surface area contributed by atoms with E-state index in [0.717, 1.165) is 19.3 Å². The Bertz CT molecular complexity index is 384. The van der Waals surface area contributed by atoms with E-state index in [1.54, 1.807) is 12.4 Å². The van der Waals surface area contributed by atoms with E-state index in [-0.39, 0.29) is 18.2 Å². The van der Waals surface area contributed by atoms with Gasteiger partial charge in [-0.3, -0.25) is 4.98 Å². The van der Waals surface area contributed by atoms with E-state index in [2.05, 4.69) is 9.97 Å². The fourth-order valence-electron chi connectivity index (χ4n) is 2.11. The summed E-state index contributed by atoms with van der Waals surface area (Å²) in [4.78, 5) is 8.35. The van der Waals surface area contributed by atoms with Crippen molar-refractivity contribution in [2.75, 3.05) is 0 Å². The van der Waals surface area contributed by atoms with Gasteiger partial charge in [0.25, 0.3) is 0 Å². The smallest absolute Gasteiger partial charge is 0.235 e. The summed E-state index contributed by atoms with van der Waals surface area (Å²) in [5.41, 5.74) is 6.04. The fraction of sp³-hybridized carbons (Fsp3) is 0.692. The second kappa shape index (κ2) is 6.00. The first-order valence-corrected chi connectivity index (χ1v) is 6.56. The van der Waals surface area contributed by atoms with Crippen LogP contribution >= 0.6 is 0 Å². The van der Waals surface area contributed by atoms with Crippen LogP contribution in [0.15, 0.2) is 12.4 Å². The van der Waals surface area contributed by atoms with E-state index in [0.29, 0.717) is 11.8 Å². The average Bonchev–Trinajstić information content (AvgIpc) is 2.32. The van der Waals surface area contributed by atoms with E-state index in [4.69, 9.17) is 15.2 Å². The molecule has 100 valence electrons. The molecule has 1 saturated carbocycles. The van der Waals surface area contributed by atoms with Crippen LogP contribution < -0.4 is 15.2 Å². The van der Waals surface area contributed by atoms with Crippen molar-refractivity contribution in [3.63, 3.8) is 0 Å². The van der Waals surface area contributed by atoms with Gasteiger partial charge in [0.15, 0.2) is 0 Å². The Morgan fingerprint density at radius 3 is 2.67 bits per heavy atom. The van der Waals surface area contributed by atoms with E-state index in [9.17, 15) is 0 Å². The van der Waals surface area contributed by atoms with E-state index in [1.807, 2.05) is 13.8 Å². The zero-order valence-electron chi connectivity index (χ0n) is 11.0. The maximum absolute atomic E-state index is 6.04. The first-order valence-electron chi connectivity index (χ1n) is 6.56. The monoisotopic (exact) mass is 251 g/mol. The van der Waals surface area contributed by atoms with Crippen molar-refractivity contribution in [3.05, 3.63) is 12.4 Å². The van der Waals surface area contributed by atoms with Gasteiger partial charge in [0.05, 0.1) is 18.5 Å². The Kier molecular flexibility index (Phi) is 4.36. The second-order valence-corrected chi connectivity index (χ2v) is 4.97. The van der Waals surface area contributed by atoms with Crippen LogP contribution in [0, 0.1) is 0 Å². The number of hydrogen-bond acceptors (Lipinski definition) is 5. The minimum atomic E-state index is 0.0438. The third-order valence-electron chi connectivity index (χ3n) is 2.97. The molecule has 2 unspecified atom stereocenters. The van der Waals surface area contributed by atoms with Crippen LogP contribution in [-0.4, -0.2) is 28.2 Å². The zero-order valence-corrected chi connectivity index (χ0v) is 11.0. The predicted molar refractivity (Wildman–Crippen MR) is 68.7 cm³/mol. The highest BCUT2D eigenvalue weighted by atomic mass is 16.5. The quantitative estimate of drug-likeness (QED) is 0.885. The maximum Gasteiger partial charge on any atom is 0.235 e. The van der Waals surface area contributed by atoms with Crippen molar-refractivity contribution < 1.29 is 9.47 Å². The predicted octanol–water partition coefficient (Wildman–Crippen LogP) is 1.91. The Hall–Kier alpha value is -1.36. The molecule has 18 heavy (non-hydrogen) atoms. The number of hydrogen-bond donors (Lipinski definition) is 1. The topological polar surface area (TPSA) is 70.3 Å². The lowest BCUT2D eigenvalue weighted by Gasteiger charge is -2.28. The molecule has 1 aliphatic rings. The van der Waals surface area contributed by atoms with Gasteiger partial charge in [-0.15, -0.1) is 0 Å². The van der Waals surface area contributed by atoms with Crippen LogP contribution in [0.2, 0.25) is 0 Å². The van der Waals surface area contributed by atoms with Gasteiger partial charge in [-0.25, -0.2) is 0 Å². The average molecular weight is 251 g/mol. The molecule has 0 spiro atoms.